The number of pyridine rings is 1. The van der Waals surface area contributed by atoms with Crippen LogP contribution in [-0.4, -0.2) is 33.2 Å². The van der Waals surface area contributed by atoms with Crippen molar-refractivity contribution in [1.82, 2.24) is 19.9 Å². The highest BCUT2D eigenvalue weighted by Crippen LogP contribution is 2.27. The number of aromatic nitrogens is 3. The van der Waals surface area contributed by atoms with Crippen molar-refractivity contribution in [1.29, 1.82) is 0 Å². The van der Waals surface area contributed by atoms with E-state index >= 15 is 0 Å². The molecule has 2 atom stereocenters. The fourth-order valence-electron chi connectivity index (χ4n) is 2.69. The molecular weight excluding hydrogens is 294 g/mol. The second kappa shape index (κ2) is 6.78. The van der Waals surface area contributed by atoms with Gasteiger partial charge < -0.3 is 14.6 Å². The molecule has 0 radical (unpaired) electrons. The molecule has 1 aliphatic heterocycles. The number of nitrogens with zero attached hydrogens (tertiary/aromatic N) is 3. The molecule has 2 N–H and O–H groups in total. The van der Waals surface area contributed by atoms with E-state index in [1.165, 1.54) is 0 Å². The number of amides is 2. The number of hydrogen-bond donors (Lipinski definition) is 2. The van der Waals surface area contributed by atoms with Gasteiger partial charge in [0.2, 0.25) is 0 Å². The molecule has 0 bridgehead atoms. The normalized spacial score (nSPS) is 21.0. The third kappa shape index (κ3) is 3.87. The standard InChI is InChI=1S/C16H21N5O2/c1-11-3-4-15(18-8-11)20-16(22)19-12-5-6-23-14(7-12)13-9-17-10-21(13)2/h3-4,8-10,12,14H,5-7H2,1-2H3,(H2,18,19,20,22)/t12-,14-/m0/s1. The van der Waals surface area contributed by atoms with E-state index in [2.05, 4.69) is 20.6 Å². The Labute approximate surface area is 135 Å². The average Bonchev–Trinajstić information content (AvgIpc) is 2.96. The molecule has 2 aromatic rings. The Kier molecular flexibility index (Phi) is 4.57. The summed E-state index contributed by atoms with van der Waals surface area (Å²) < 4.78 is 7.75. The predicted molar refractivity (Wildman–Crippen MR) is 86.1 cm³/mol. The first-order valence-corrected chi connectivity index (χ1v) is 7.70. The third-order valence-corrected chi connectivity index (χ3v) is 3.96. The topological polar surface area (TPSA) is 81.1 Å². The quantitative estimate of drug-likeness (QED) is 0.909. The van der Waals surface area contributed by atoms with Gasteiger partial charge in [-0.1, -0.05) is 6.07 Å². The largest absolute Gasteiger partial charge is 0.372 e. The van der Waals surface area contributed by atoms with Gasteiger partial charge in [-0.05, 0) is 31.4 Å². The summed E-state index contributed by atoms with van der Waals surface area (Å²) in [6, 6.07) is 3.53. The van der Waals surface area contributed by atoms with E-state index < -0.39 is 0 Å². The number of carbonyl (C=O) groups excluding carboxylic acids is 1. The van der Waals surface area contributed by atoms with E-state index in [9.17, 15) is 4.79 Å². The Morgan fingerprint density at radius 2 is 2.26 bits per heavy atom. The van der Waals surface area contributed by atoms with Crippen LogP contribution < -0.4 is 10.6 Å². The molecule has 1 saturated heterocycles. The third-order valence-electron chi connectivity index (χ3n) is 3.96. The van der Waals surface area contributed by atoms with Crippen molar-refractivity contribution in [2.45, 2.75) is 31.9 Å². The van der Waals surface area contributed by atoms with Gasteiger partial charge in [0.25, 0.3) is 0 Å². The van der Waals surface area contributed by atoms with E-state index in [1.54, 1.807) is 18.6 Å². The molecular formula is C16H21N5O2. The number of nitrogens with one attached hydrogen (secondary N) is 2. The van der Waals surface area contributed by atoms with Crippen molar-refractivity contribution in [3.05, 3.63) is 42.1 Å². The second-order valence-corrected chi connectivity index (χ2v) is 5.83. The highest BCUT2D eigenvalue weighted by molar-refractivity contribution is 5.88. The predicted octanol–water partition coefficient (Wildman–Crippen LogP) is 2.17. The summed E-state index contributed by atoms with van der Waals surface area (Å²) in [5.74, 6) is 0.545. The summed E-state index contributed by atoms with van der Waals surface area (Å²) in [7, 11) is 1.94. The molecule has 3 rings (SSSR count). The lowest BCUT2D eigenvalue weighted by Gasteiger charge is -2.30. The van der Waals surface area contributed by atoms with Crippen LogP contribution >= 0.6 is 0 Å². The van der Waals surface area contributed by atoms with Gasteiger partial charge in [0.1, 0.15) is 11.9 Å². The molecule has 1 fully saturated rings. The first-order chi connectivity index (χ1) is 11.1. The van der Waals surface area contributed by atoms with E-state index in [-0.39, 0.29) is 18.2 Å². The lowest BCUT2D eigenvalue weighted by molar-refractivity contribution is -0.00151. The minimum atomic E-state index is -0.239. The second-order valence-electron chi connectivity index (χ2n) is 5.83. The number of hydrogen-bond acceptors (Lipinski definition) is 4. The minimum absolute atomic E-state index is 0.0425. The summed E-state index contributed by atoms with van der Waals surface area (Å²) in [6.45, 7) is 2.57. The minimum Gasteiger partial charge on any atom is -0.372 e. The number of aryl methyl sites for hydroxylation is 2. The maximum atomic E-state index is 12.1. The molecule has 2 aromatic heterocycles. The molecule has 122 valence electrons. The molecule has 7 nitrogen and oxygen atoms in total. The number of carbonyl (C=O) groups is 1. The van der Waals surface area contributed by atoms with Crippen molar-refractivity contribution >= 4 is 11.8 Å². The van der Waals surface area contributed by atoms with Crippen LogP contribution in [0, 0.1) is 6.92 Å². The highest BCUT2D eigenvalue weighted by Gasteiger charge is 2.26. The summed E-state index contributed by atoms with van der Waals surface area (Å²) in [5, 5.41) is 5.75. The van der Waals surface area contributed by atoms with Crippen LogP contribution in [0.5, 0.6) is 0 Å². The van der Waals surface area contributed by atoms with E-state index in [0.29, 0.717) is 12.4 Å². The Morgan fingerprint density at radius 3 is 2.96 bits per heavy atom. The van der Waals surface area contributed by atoms with Crippen LogP contribution in [0.1, 0.15) is 30.2 Å². The molecule has 7 heteroatoms. The van der Waals surface area contributed by atoms with Gasteiger partial charge in [0.15, 0.2) is 0 Å². The summed E-state index contributed by atoms with van der Waals surface area (Å²) >= 11 is 0. The van der Waals surface area contributed by atoms with Gasteiger partial charge >= 0.3 is 6.03 Å². The lowest BCUT2D eigenvalue weighted by Crippen LogP contribution is -2.42. The van der Waals surface area contributed by atoms with Gasteiger partial charge in [-0.3, -0.25) is 5.32 Å². The maximum Gasteiger partial charge on any atom is 0.320 e. The van der Waals surface area contributed by atoms with Crippen molar-refractivity contribution < 1.29 is 9.53 Å². The van der Waals surface area contributed by atoms with Crippen LogP contribution in [0.15, 0.2) is 30.9 Å². The molecule has 0 spiro atoms. The molecule has 0 unspecified atom stereocenters. The molecule has 23 heavy (non-hydrogen) atoms. The number of rotatable bonds is 3. The van der Waals surface area contributed by atoms with Gasteiger partial charge in [-0.2, -0.15) is 0 Å². The summed E-state index contributed by atoms with van der Waals surface area (Å²) in [4.78, 5) is 20.4. The number of anilines is 1. The van der Waals surface area contributed by atoms with Crippen molar-refractivity contribution in [2.75, 3.05) is 11.9 Å². The van der Waals surface area contributed by atoms with Crippen molar-refractivity contribution in [3.8, 4) is 0 Å². The van der Waals surface area contributed by atoms with E-state index in [4.69, 9.17) is 4.74 Å². The Morgan fingerprint density at radius 1 is 1.39 bits per heavy atom. The van der Waals surface area contributed by atoms with Gasteiger partial charge in [0, 0.05) is 25.9 Å². The SMILES string of the molecule is Cc1ccc(NC(=O)N[C@H]2CCO[C@H](c3cncn3C)C2)nc1. The van der Waals surface area contributed by atoms with E-state index in [1.807, 2.05) is 30.8 Å². The van der Waals surface area contributed by atoms with Crippen LogP contribution in [0.25, 0.3) is 0 Å². The van der Waals surface area contributed by atoms with Crippen molar-refractivity contribution in [3.63, 3.8) is 0 Å². The molecule has 2 amide bonds. The Bertz CT molecular complexity index is 667. The Hall–Kier alpha value is -2.41. The number of urea groups is 1. The van der Waals surface area contributed by atoms with Crippen molar-refractivity contribution in [2.24, 2.45) is 7.05 Å². The smallest absolute Gasteiger partial charge is 0.320 e. The summed E-state index contributed by atoms with van der Waals surface area (Å²) in [5.41, 5.74) is 2.08. The summed E-state index contributed by atoms with van der Waals surface area (Å²) in [6.07, 6.45) is 6.77. The molecule has 1 aliphatic rings. The average molecular weight is 315 g/mol. The number of ether oxygens (including phenoxy) is 1. The first kappa shape index (κ1) is 15.5. The zero-order valence-corrected chi connectivity index (χ0v) is 13.3. The van der Waals surface area contributed by atoms with Crippen LogP contribution in [0.4, 0.5) is 10.6 Å². The monoisotopic (exact) mass is 315 g/mol. The van der Waals surface area contributed by atoms with Gasteiger partial charge in [0.05, 0.1) is 18.2 Å². The highest BCUT2D eigenvalue weighted by atomic mass is 16.5. The van der Waals surface area contributed by atoms with Crippen LogP contribution in [-0.2, 0) is 11.8 Å². The Balaban J connectivity index is 1.56. The maximum absolute atomic E-state index is 12.1. The van der Waals surface area contributed by atoms with Gasteiger partial charge in [-0.15, -0.1) is 0 Å². The van der Waals surface area contributed by atoms with Crippen LogP contribution in [0.2, 0.25) is 0 Å². The fraction of sp³-hybridized carbons (Fsp3) is 0.438. The lowest BCUT2D eigenvalue weighted by atomic mass is 10.0. The zero-order valence-electron chi connectivity index (χ0n) is 13.3. The first-order valence-electron chi connectivity index (χ1n) is 7.70. The molecule has 0 aromatic carbocycles. The number of imidazole rings is 1. The van der Waals surface area contributed by atoms with Crippen LogP contribution in [0.3, 0.4) is 0 Å². The molecule has 0 aliphatic carbocycles. The van der Waals surface area contributed by atoms with Gasteiger partial charge in [-0.25, -0.2) is 14.8 Å². The molecule has 3 heterocycles. The molecule has 0 saturated carbocycles. The fourth-order valence-corrected chi connectivity index (χ4v) is 2.69. The van der Waals surface area contributed by atoms with E-state index in [0.717, 1.165) is 24.1 Å². The zero-order chi connectivity index (χ0) is 16.2.